The molecule has 0 bridgehead atoms. The van der Waals surface area contributed by atoms with Gasteiger partial charge in [0.25, 0.3) is 0 Å². The highest BCUT2D eigenvalue weighted by Gasteiger charge is 2.23. The first kappa shape index (κ1) is 27.3. The van der Waals surface area contributed by atoms with Gasteiger partial charge in [-0.25, -0.2) is 0 Å². The Hall–Kier alpha value is -0.900. The van der Waals surface area contributed by atoms with E-state index >= 15 is 0 Å². The van der Waals surface area contributed by atoms with E-state index in [0.29, 0.717) is 19.2 Å². The van der Waals surface area contributed by atoms with Gasteiger partial charge in [-0.05, 0) is 44.1 Å². The smallest absolute Gasteiger partial charge is 0.191 e. The summed E-state index contributed by atoms with van der Waals surface area (Å²) in [6.45, 7) is 7.65. The van der Waals surface area contributed by atoms with Crippen LogP contribution in [0.5, 0.6) is 0 Å². The SMILES string of the molecule is CCNC(=NCC(O)COCc1ccccc1)NC1CCN(CC2CCCCC2)CC1.I. The summed E-state index contributed by atoms with van der Waals surface area (Å²) in [7, 11) is 0. The summed E-state index contributed by atoms with van der Waals surface area (Å²) in [6, 6.07) is 10.5. The molecule has 1 saturated carbocycles. The molecule has 1 unspecified atom stereocenters. The van der Waals surface area contributed by atoms with E-state index in [9.17, 15) is 5.11 Å². The van der Waals surface area contributed by atoms with Crippen molar-refractivity contribution >= 4 is 29.9 Å². The predicted octanol–water partition coefficient (Wildman–Crippen LogP) is 3.78. The molecule has 0 radical (unpaired) electrons. The van der Waals surface area contributed by atoms with Crippen LogP contribution >= 0.6 is 24.0 Å². The van der Waals surface area contributed by atoms with E-state index in [4.69, 9.17) is 4.74 Å². The summed E-state index contributed by atoms with van der Waals surface area (Å²) < 4.78 is 5.63. The lowest BCUT2D eigenvalue weighted by molar-refractivity contribution is 0.0331. The molecule has 1 atom stereocenters. The average molecular weight is 559 g/mol. The normalized spacial score (nSPS) is 19.9. The Kier molecular flexibility index (Phi) is 13.5. The zero-order valence-electron chi connectivity index (χ0n) is 19.7. The third-order valence-electron chi connectivity index (χ3n) is 6.40. The van der Waals surface area contributed by atoms with Gasteiger partial charge in [0.15, 0.2) is 5.96 Å². The number of halogens is 1. The molecular formula is C25H43IN4O2. The van der Waals surface area contributed by atoms with Crippen LogP contribution < -0.4 is 10.6 Å². The highest BCUT2D eigenvalue weighted by molar-refractivity contribution is 14.0. The molecule has 2 fully saturated rings. The number of ether oxygens (including phenoxy) is 1. The molecule has 0 amide bonds. The van der Waals surface area contributed by atoms with E-state index in [-0.39, 0.29) is 30.6 Å². The molecule has 0 aromatic heterocycles. The number of likely N-dealkylation sites (tertiary alicyclic amines) is 1. The number of nitrogens with zero attached hydrogens (tertiary/aromatic N) is 2. The third kappa shape index (κ3) is 10.4. The van der Waals surface area contributed by atoms with Gasteiger partial charge >= 0.3 is 0 Å². The Morgan fingerprint density at radius 3 is 2.53 bits per heavy atom. The Morgan fingerprint density at radius 1 is 1.12 bits per heavy atom. The largest absolute Gasteiger partial charge is 0.389 e. The molecule has 0 spiro atoms. The second-order valence-electron chi connectivity index (χ2n) is 9.10. The van der Waals surface area contributed by atoms with Gasteiger partial charge in [0.05, 0.1) is 25.9 Å². The first-order valence-electron chi connectivity index (χ1n) is 12.3. The Morgan fingerprint density at radius 2 is 1.84 bits per heavy atom. The van der Waals surface area contributed by atoms with Crippen LogP contribution in [-0.2, 0) is 11.3 Å². The van der Waals surface area contributed by atoms with Crippen LogP contribution in [0.1, 0.15) is 57.4 Å². The van der Waals surface area contributed by atoms with E-state index in [1.807, 2.05) is 30.3 Å². The molecule has 1 aromatic rings. The summed E-state index contributed by atoms with van der Waals surface area (Å²) in [6.07, 6.45) is 8.83. The van der Waals surface area contributed by atoms with Gasteiger partial charge in [0.1, 0.15) is 0 Å². The second kappa shape index (κ2) is 15.9. The lowest BCUT2D eigenvalue weighted by atomic mass is 9.88. The van der Waals surface area contributed by atoms with Crippen molar-refractivity contribution in [3.05, 3.63) is 35.9 Å². The predicted molar refractivity (Wildman–Crippen MR) is 143 cm³/mol. The summed E-state index contributed by atoms with van der Waals surface area (Å²) >= 11 is 0. The van der Waals surface area contributed by atoms with Gasteiger partial charge in [0.2, 0.25) is 0 Å². The lowest BCUT2D eigenvalue weighted by Gasteiger charge is -2.36. The van der Waals surface area contributed by atoms with Crippen molar-refractivity contribution in [3.63, 3.8) is 0 Å². The molecule has 3 N–H and O–H groups in total. The number of aliphatic hydroxyl groups excluding tert-OH is 1. The molecule has 7 heteroatoms. The second-order valence-corrected chi connectivity index (χ2v) is 9.10. The van der Waals surface area contributed by atoms with Gasteiger partial charge in [0, 0.05) is 32.2 Å². The van der Waals surface area contributed by atoms with Crippen LogP contribution in [0.4, 0.5) is 0 Å². The van der Waals surface area contributed by atoms with Gasteiger partial charge < -0.3 is 25.4 Å². The minimum Gasteiger partial charge on any atom is -0.389 e. The number of rotatable bonds is 10. The number of hydrogen-bond donors (Lipinski definition) is 3. The number of aliphatic imine (C=N–C) groups is 1. The number of hydrogen-bond acceptors (Lipinski definition) is 4. The molecule has 3 rings (SSSR count). The van der Waals surface area contributed by atoms with Gasteiger partial charge in [-0.2, -0.15) is 0 Å². The maximum atomic E-state index is 10.2. The fraction of sp³-hybridized carbons (Fsp3) is 0.720. The molecule has 2 aliphatic rings. The Bertz CT molecular complexity index is 632. The summed E-state index contributed by atoms with van der Waals surface area (Å²) in [4.78, 5) is 7.26. The molecule has 1 aliphatic heterocycles. The first-order valence-corrected chi connectivity index (χ1v) is 12.3. The molecule has 1 aliphatic carbocycles. The van der Waals surface area contributed by atoms with E-state index in [1.165, 1.54) is 51.7 Å². The van der Waals surface area contributed by atoms with Crippen LogP contribution in [0, 0.1) is 5.92 Å². The van der Waals surface area contributed by atoms with Gasteiger partial charge in [-0.15, -0.1) is 24.0 Å². The highest BCUT2D eigenvalue weighted by atomic mass is 127. The maximum Gasteiger partial charge on any atom is 0.191 e. The van der Waals surface area contributed by atoms with E-state index in [1.54, 1.807) is 0 Å². The third-order valence-corrected chi connectivity index (χ3v) is 6.40. The zero-order chi connectivity index (χ0) is 21.7. The van der Waals surface area contributed by atoms with Crippen LogP contribution in [0.2, 0.25) is 0 Å². The van der Waals surface area contributed by atoms with Crippen LogP contribution in [0.15, 0.2) is 35.3 Å². The van der Waals surface area contributed by atoms with Crippen molar-refractivity contribution in [2.24, 2.45) is 10.9 Å². The van der Waals surface area contributed by atoms with Crippen LogP contribution in [0.25, 0.3) is 0 Å². The van der Waals surface area contributed by atoms with Crippen molar-refractivity contribution < 1.29 is 9.84 Å². The van der Waals surface area contributed by atoms with Gasteiger partial charge in [-0.3, -0.25) is 4.99 Å². The van der Waals surface area contributed by atoms with Crippen LogP contribution in [-0.4, -0.2) is 67.4 Å². The van der Waals surface area contributed by atoms with E-state index in [0.717, 1.165) is 36.8 Å². The van der Waals surface area contributed by atoms with Crippen molar-refractivity contribution in [3.8, 4) is 0 Å². The Labute approximate surface area is 211 Å². The Balaban J connectivity index is 0.00000363. The number of guanidine groups is 1. The van der Waals surface area contributed by atoms with E-state index < -0.39 is 6.10 Å². The maximum absolute atomic E-state index is 10.2. The zero-order valence-corrected chi connectivity index (χ0v) is 22.0. The van der Waals surface area contributed by atoms with Crippen LogP contribution in [0.3, 0.4) is 0 Å². The lowest BCUT2D eigenvalue weighted by Crippen LogP contribution is -2.49. The monoisotopic (exact) mass is 558 g/mol. The highest BCUT2D eigenvalue weighted by Crippen LogP contribution is 2.25. The topological polar surface area (TPSA) is 69.1 Å². The van der Waals surface area contributed by atoms with Crippen molar-refractivity contribution in [1.29, 1.82) is 0 Å². The number of aliphatic hydroxyl groups is 1. The summed E-state index contributed by atoms with van der Waals surface area (Å²) in [5.41, 5.74) is 1.11. The van der Waals surface area contributed by atoms with Crippen molar-refractivity contribution in [2.45, 2.75) is 70.6 Å². The number of nitrogens with one attached hydrogen (secondary N) is 2. The van der Waals surface area contributed by atoms with E-state index in [2.05, 4.69) is 27.4 Å². The first-order chi connectivity index (χ1) is 15.2. The number of benzene rings is 1. The molecule has 1 saturated heterocycles. The minimum atomic E-state index is -0.600. The summed E-state index contributed by atoms with van der Waals surface area (Å²) in [5.74, 6) is 1.72. The quantitative estimate of drug-likeness (QED) is 0.232. The molecular weight excluding hydrogens is 515 g/mol. The molecule has 1 aromatic carbocycles. The summed E-state index contributed by atoms with van der Waals surface area (Å²) in [5, 5.41) is 17.1. The standard InChI is InChI=1S/C25H42N4O2.HI/c1-2-26-25(27-17-24(30)20-31-19-22-11-7-4-8-12-22)28-23-13-15-29(16-14-23)18-21-9-5-3-6-10-21;/h4,7-8,11-12,21,23-24,30H,2-3,5-6,9-10,13-20H2,1H3,(H2,26,27,28);1H. The number of piperidine rings is 1. The van der Waals surface area contributed by atoms with Crippen molar-refractivity contribution in [1.82, 2.24) is 15.5 Å². The fourth-order valence-electron chi connectivity index (χ4n) is 4.64. The van der Waals surface area contributed by atoms with Gasteiger partial charge in [-0.1, -0.05) is 49.6 Å². The average Bonchev–Trinajstić information content (AvgIpc) is 2.80. The molecule has 182 valence electrons. The molecule has 1 heterocycles. The minimum absolute atomic E-state index is 0. The molecule has 32 heavy (non-hydrogen) atoms. The fourth-order valence-corrected chi connectivity index (χ4v) is 4.64. The van der Waals surface area contributed by atoms with Crippen molar-refractivity contribution in [2.75, 3.05) is 39.3 Å². The molecule has 6 nitrogen and oxygen atoms in total.